The summed E-state index contributed by atoms with van der Waals surface area (Å²) in [6.07, 6.45) is 7.32. The summed E-state index contributed by atoms with van der Waals surface area (Å²) >= 11 is 0. The van der Waals surface area contributed by atoms with Gasteiger partial charge >= 0.3 is 5.97 Å². The molecule has 1 aliphatic rings. The van der Waals surface area contributed by atoms with Crippen LogP contribution in [-0.4, -0.2) is 23.2 Å². The van der Waals surface area contributed by atoms with E-state index in [9.17, 15) is 4.79 Å². The Morgan fingerprint density at radius 3 is 2.19 bits per heavy atom. The third-order valence-electron chi connectivity index (χ3n) is 5.04. The molecule has 0 aromatic heterocycles. The zero-order valence-electron chi connectivity index (χ0n) is 16.9. The van der Waals surface area contributed by atoms with Crippen LogP contribution in [0.3, 0.4) is 0 Å². The number of carbonyl (C=O) groups is 1. The molecule has 2 rings (SSSR count). The van der Waals surface area contributed by atoms with Crippen LogP contribution in [0.15, 0.2) is 24.3 Å². The number of esters is 1. The second kappa shape index (κ2) is 9.23. The van der Waals surface area contributed by atoms with Crippen LogP contribution >= 0.6 is 0 Å². The molecule has 0 radical (unpaired) electrons. The van der Waals surface area contributed by atoms with Crippen LogP contribution in [0.4, 0.5) is 5.69 Å². The van der Waals surface area contributed by atoms with E-state index in [1.54, 1.807) is 0 Å². The maximum atomic E-state index is 12.6. The van der Waals surface area contributed by atoms with Gasteiger partial charge in [0, 0.05) is 11.7 Å². The molecule has 1 aromatic carbocycles. The number of rotatable bonds is 3. The molecule has 5 heteroatoms. The van der Waals surface area contributed by atoms with Gasteiger partial charge in [-0.1, -0.05) is 25.7 Å². The summed E-state index contributed by atoms with van der Waals surface area (Å²) in [5, 5.41) is 12.5. The monoisotopic (exact) mass is 371 g/mol. The number of nitrogens with zero attached hydrogens (tertiary/aromatic N) is 1. The highest BCUT2D eigenvalue weighted by Gasteiger charge is 2.37. The standard InChI is InChI=1S/C22H33N3O2/c1-21(2,3)27-20(26)22(24)14-6-4-8-18(9-5-7-15-22)25-19-12-10-17(16-23)11-13-19/h10-13,18,25H,4-9,14-15,24H2,1-3H3. The summed E-state index contributed by atoms with van der Waals surface area (Å²) in [5.74, 6) is -0.261. The molecule has 1 aliphatic carbocycles. The Hall–Kier alpha value is -2.06. The van der Waals surface area contributed by atoms with Crippen molar-refractivity contribution in [3.63, 3.8) is 0 Å². The van der Waals surface area contributed by atoms with Gasteiger partial charge in [0.05, 0.1) is 11.6 Å². The van der Waals surface area contributed by atoms with E-state index in [1.165, 1.54) is 0 Å². The van der Waals surface area contributed by atoms with Crippen molar-refractivity contribution >= 4 is 11.7 Å². The summed E-state index contributed by atoms with van der Waals surface area (Å²) in [4.78, 5) is 12.6. The molecule has 27 heavy (non-hydrogen) atoms. The van der Waals surface area contributed by atoms with E-state index in [0.717, 1.165) is 44.2 Å². The van der Waals surface area contributed by atoms with Gasteiger partial charge in [-0.15, -0.1) is 0 Å². The smallest absolute Gasteiger partial charge is 0.326 e. The maximum Gasteiger partial charge on any atom is 0.326 e. The Balaban J connectivity index is 1.91. The summed E-state index contributed by atoms with van der Waals surface area (Å²) in [7, 11) is 0. The molecular weight excluding hydrogens is 338 g/mol. The number of nitrogens with one attached hydrogen (secondary N) is 1. The molecule has 148 valence electrons. The number of anilines is 1. The third kappa shape index (κ3) is 6.88. The maximum absolute atomic E-state index is 12.6. The highest BCUT2D eigenvalue weighted by Crippen LogP contribution is 2.27. The fraction of sp³-hybridized carbons (Fsp3) is 0.636. The Labute approximate surface area is 163 Å². The summed E-state index contributed by atoms with van der Waals surface area (Å²) in [6, 6.07) is 10.2. The topological polar surface area (TPSA) is 88.1 Å². The quantitative estimate of drug-likeness (QED) is 0.763. The molecule has 0 spiro atoms. The minimum absolute atomic E-state index is 0.261. The molecule has 0 amide bonds. The van der Waals surface area contributed by atoms with Gasteiger partial charge in [-0.05, 0) is 70.7 Å². The molecule has 0 heterocycles. The zero-order chi connectivity index (χ0) is 19.9. The Bertz CT molecular complexity index is 644. The van der Waals surface area contributed by atoms with Gasteiger partial charge in [0.1, 0.15) is 11.1 Å². The van der Waals surface area contributed by atoms with Crippen molar-refractivity contribution in [3.8, 4) is 6.07 Å². The lowest BCUT2D eigenvalue weighted by atomic mass is 9.85. The van der Waals surface area contributed by atoms with Crippen molar-refractivity contribution in [1.29, 1.82) is 5.26 Å². The normalized spacial score (nSPS) is 24.5. The minimum Gasteiger partial charge on any atom is -0.459 e. The van der Waals surface area contributed by atoms with Crippen LogP contribution in [0.1, 0.15) is 77.7 Å². The van der Waals surface area contributed by atoms with E-state index in [0.29, 0.717) is 24.4 Å². The number of carbonyl (C=O) groups excluding carboxylic acids is 1. The first kappa shape index (κ1) is 21.2. The van der Waals surface area contributed by atoms with E-state index in [2.05, 4.69) is 11.4 Å². The average molecular weight is 372 g/mol. The molecule has 1 fully saturated rings. The minimum atomic E-state index is -0.860. The lowest BCUT2D eigenvalue weighted by molar-refractivity contribution is -0.162. The lowest BCUT2D eigenvalue weighted by Gasteiger charge is -2.32. The molecule has 0 aliphatic heterocycles. The first-order chi connectivity index (χ1) is 12.7. The van der Waals surface area contributed by atoms with E-state index in [4.69, 9.17) is 15.7 Å². The van der Waals surface area contributed by atoms with Crippen LogP contribution in [0.25, 0.3) is 0 Å². The van der Waals surface area contributed by atoms with E-state index in [-0.39, 0.29) is 5.97 Å². The molecular formula is C22H33N3O2. The molecule has 1 saturated carbocycles. The Morgan fingerprint density at radius 1 is 1.15 bits per heavy atom. The second-order valence-electron chi connectivity index (χ2n) is 8.68. The molecule has 1 aromatic rings. The van der Waals surface area contributed by atoms with Gasteiger partial charge in [-0.2, -0.15) is 5.26 Å². The van der Waals surface area contributed by atoms with Gasteiger partial charge < -0.3 is 15.8 Å². The number of ether oxygens (including phenoxy) is 1. The van der Waals surface area contributed by atoms with Gasteiger partial charge in [-0.25, -0.2) is 0 Å². The van der Waals surface area contributed by atoms with E-state index >= 15 is 0 Å². The van der Waals surface area contributed by atoms with Crippen LogP contribution < -0.4 is 11.1 Å². The second-order valence-corrected chi connectivity index (χ2v) is 8.68. The van der Waals surface area contributed by atoms with Gasteiger partial charge in [0.15, 0.2) is 0 Å². The van der Waals surface area contributed by atoms with Crippen molar-refractivity contribution in [2.45, 2.75) is 89.3 Å². The van der Waals surface area contributed by atoms with Crippen molar-refractivity contribution in [1.82, 2.24) is 0 Å². The predicted octanol–water partition coefficient (Wildman–Crippen LogP) is 4.51. The number of nitrogens with two attached hydrogens (primary N) is 1. The Kier molecular flexibility index (Phi) is 7.26. The van der Waals surface area contributed by atoms with E-state index in [1.807, 2.05) is 45.0 Å². The fourth-order valence-electron chi connectivity index (χ4n) is 3.54. The van der Waals surface area contributed by atoms with Gasteiger partial charge in [-0.3, -0.25) is 4.79 Å². The van der Waals surface area contributed by atoms with Crippen LogP contribution in [0.5, 0.6) is 0 Å². The summed E-state index contributed by atoms with van der Waals surface area (Å²) in [5.41, 5.74) is 6.83. The zero-order valence-corrected chi connectivity index (χ0v) is 16.9. The van der Waals surface area contributed by atoms with Crippen molar-refractivity contribution in [2.75, 3.05) is 5.32 Å². The Morgan fingerprint density at radius 2 is 1.70 bits per heavy atom. The van der Waals surface area contributed by atoms with Crippen molar-refractivity contribution in [3.05, 3.63) is 29.8 Å². The number of benzene rings is 1. The van der Waals surface area contributed by atoms with Crippen LogP contribution in [-0.2, 0) is 9.53 Å². The molecule has 0 atom stereocenters. The molecule has 0 unspecified atom stereocenters. The van der Waals surface area contributed by atoms with Crippen molar-refractivity contribution < 1.29 is 9.53 Å². The number of hydrogen-bond acceptors (Lipinski definition) is 5. The lowest BCUT2D eigenvalue weighted by Crippen LogP contribution is -2.51. The molecule has 0 bridgehead atoms. The van der Waals surface area contributed by atoms with Crippen molar-refractivity contribution in [2.24, 2.45) is 5.73 Å². The summed E-state index contributed by atoms with van der Waals surface area (Å²) < 4.78 is 5.57. The fourth-order valence-corrected chi connectivity index (χ4v) is 3.54. The largest absolute Gasteiger partial charge is 0.459 e. The third-order valence-corrected chi connectivity index (χ3v) is 5.04. The highest BCUT2D eigenvalue weighted by molar-refractivity contribution is 5.80. The number of hydrogen-bond donors (Lipinski definition) is 2. The first-order valence-corrected chi connectivity index (χ1v) is 10.0. The number of nitriles is 1. The predicted molar refractivity (Wildman–Crippen MR) is 108 cm³/mol. The van der Waals surface area contributed by atoms with Gasteiger partial charge in [0.25, 0.3) is 0 Å². The SMILES string of the molecule is CC(C)(C)OC(=O)C1(N)CCCCC(Nc2ccc(C#N)cc2)CCCC1. The highest BCUT2D eigenvalue weighted by atomic mass is 16.6. The van der Waals surface area contributed by atoms with E-state index < -0.39 is 11.1 Å². The van der Waals surface area contributed by atoms with Crippen LogP contribution in [0, 0.1) is 11.3 Å². The molecule has 0 saturated heterocycles. The molecule has 3 N–H and O–H groups in total. The average Bonchev–Trinajstić information content (AvgIpc) is 2.61. The van der Waals surface area contributed by atoms with Crippen LogP contribution in [0.2, 0.25) is 0 Å². The first-order valence-electron chi connectivity index (χ1n) is 10.0. The summed E-state index contributed by atoms with van der Waals surface area (Å²) in [6.45, 7) is 5.65. The molecule has 5 nitrogen and oxygen atoms in total. The van der Waals surface area contributed by atoms with Gasteiger partial charge in [0.2, 0.25) is 0 Å².